The molecule has 0 radical (unpaired) electrons. The zero-order valence-corrected chi connectivity index (χ0v) is 32.2. The van der Waals surface area contributed by atoms with E-state index in [1.807, 2.05) is 106 Å². The molecule has 5 N–H and O–H groups in total. The van der Waals surface area contributed by atoms with Crippen molar-refractivity contribution in [3.63, 3.8) is 0 Å². The lowest BCUT2D eigenvalue weighted by Crippen LogP contribution is -2.58. The molecule has 1 saturated heterocycles. The summed E-state index contributed by atoms with van der Waals surface area (Å²) in [5.74, 6) is -0.410. The minimum atomic E-state index is -1.16. The molecule has 3 aromatic rings. The molecule has 3 aromatic carbocycles. The quantitative estimate of drug-likeness (QED) is 0.210. The van der Waals surface area contributed by atoms with Crippen LogP contribution in [0.2, 0.25) is 0 Å². The van der Waals surface area contributed by atoms with Crippen molar-refractivity contribution in [1.29, 1.82) is 0 Å². The first-order valence-electron chi connectivity index (χ1n) is 19.1. The van der Waals surface area contributed by atoms with Crippen molar-refractivity contribution in [2.45, 2.75) is 64.6 Å². The first-order chi connectivity index (χ1) is 27.0. The van der Waals surface area contributed by atoms with Crippen molar-refractivity contribution in [3.8, 4) is 0 Å². The number of benzene rings is 3. The molecule has 1 aliphatic carbocycles. The number of aliphatic hydroxyl groups excluding tert-OH is 1. The van der Waals surface area contributed by atoms with Gasteiger partial charge in [0.05, 0.1) is 17.3 Å². The minimum Gasteiger partial charge on any atom is -0.374 e. The number of aliphatic imine (C=N–C) groups is 3. The van der Waals surface area contributed by atoms with Crippen molar-refractivity contribution >= 4 is 41.4 Å². The van der Waals surface area contributed by atoms with Gasteiger partial charge >= 0.3 is 6.03 Å². The lowest BCUT2D eigenvalue weighted by molar-refractivity contribution is -0.124. The Hall–Kier alpha value is -5.92. The molecule has 0 bridgehead atoms. The fourth-order valence-corrected chi connectivity index (χ4v) is 7.65. The number of aliphatic hydroxyl groups is 1. The normalized spacial score (nSPS) is 22.7. The van der Waals surface area contributed by atoms with Crippen LogP contribution in [0.3, 0.4) is 0 Å². The van der Waals surface area contributed by atoms with Crippen LogP contribution in [0.15, 0.2) is 117 Å². The molecule has 4 aliphatic rings. The average molecular weight is 756 g/mol. The summed E-state index contributed by atoms with van der Waals surface area (Å²) in [5, 5.41) is 18.1. The summed E-state index contributed by atoms with van der Waals surface area (Å²) >= 11 is 0. The molecule has 290 valence electrons. The number of nitrogens with two attached hydrogens (primary N) is 1. The molecule has 13 nitrogen and oxygen atoms in total. The molecule has 3 heterocycles. The zero-order chi connectivity index (χ0) is 39.5. The van der Waals surface area contributed by atoms with Crippen LogP contribution >= 0.6 is 0 Å². The highest BCUT2D eigenvalue weighted by Gasteiger charge is 2.41. The van der Waals surface area contributed by atoms with E-state index in [1.165, 1.54) is 4.90 Å². The zero-order valence-electron chi connectivity index (χ0n) is 32.2. The van der Waals surface area contributed by atoms with Gasteiger partial charge in [-0.05, 0) is 54.5 Å². The van der Waals surface area contributed by atoms with E-state index in [0.717, 1.165) is 22.4 Å². The number of carbonyl (C=O) groups is 3. The third kappa shape index (κ3) is 8.19. The van der Waals surface area contributed by atoms with Gasteiger partial charge in [-0.3, -0.25) is 24.8 Å². The molecule has 0 saturated carbocycles. The minimum absolute atomic E-state index is 0.132. The largest absolute Gasteiger partial charge is 0.374 e. The summed E-state index contributed by atoms with van der Waals surface area (Å²) in [6, 6.07) is 23.5. The van der Waals surface area contributed by atoms with Crippen molar-refractivity contribution in [3.05, 3.63) is 125 Å². The Kier molecular flexibility index (Phi) is 11.3. The number of anilines is 1. The molecule has 7 rings (SSSR count). The molecule has 56 heavy (non-hydrogen) atoms. The fourth-order valence-electron chi connectivity index (χ4n) is 7.65. The van der Waals surface area contributed by atoms with E-state index in [4.69, 9.17) is 10.7 Å². The second kappa shape index (κ2) is 16.4. The number of rotatable bonds is 11. The van der Waals surface area contributed by atoms with Crippen molar-refractivity contribution in [1.82, 2.24) is 20.4 Å². The second-order valence-corrected chi connectivity index (χ2v) is 15.1. The number of benzodiazepines with no additional fused rings is 1. The van der Waals surface area contributed by atoms with Gasteiger partial charge in [0.15, 0.2) is 0 Å². The number of carbonyl (C=O) groups excluding carboxylic acids is 3. The molecule has 1 fully saturated rings. The number of hydrogen-bond donors (Lipinski definition) is 4. The highest BCUT2D eigenvalue weighted by Crippen LogP contribution is 2.34. The van der Waals surface area contributed by atoms with E-state index in [9.17, 15) is 19.5 Å². The summed E-state index contributed by atoms with van der Waals surface area (Å²) in [6.45, 7) is 6.55. The SMILES string of the molecule is CC1=CCC(NC(O)c2ccc3c(c2)N(CC(=O)NCc2ccccc2)C(=O)[C@H](CC(C)C)N=C3c2ccccc2)C=C1N1CC2C=NC(N)=NC2N(C)C1=O. The Balaban J connectivity index is 1.18. The number of amides is 4. The monoisotopic (exact) mass is 755 g/mol. The van der Waals surface area contributed by atoms with Crippen LogP contribution in [-0.2, 0) is 16.1 Å². The molecule has 0 aromatic heterocycles. The van der Waals surface area contributed by atoms with E-state index in [1.54, 1.807) is 29.1 Å². The highest BCUT2D eigenvalue weighted by molar-refractivity contribution is 6.20. The molecule has 4 amide bonds. The van der Waals surface area contributed by atoms with Gasteiger partial charge in [-0.2, -0.15) is 0 Å². The summed E-state index contributed by atoms with van der Waals surface area (Å²) in [5.41, 5.74) is 11.6. The Morgan fingerprint density at radius 1 is 1.02 bits per heavy atom. The van der Waals surface area contributed by atoms with Gasteiger partial charge in [0, 0.05) is 49.2 Å². The van der Waals surface area contributed by atoms with Gasteiger partial charge in [-0.15, -0.1) is 0 Å². The average Bonchev–Trinajstić information content (AvgIpc) is 3.30. The summed E-state index contributed by atoms with van der Waals surface area (Å²) < 4.78 is 0. The molecule has 13 heteroatoms. The van der Waals surface area contributed by atoms with Gasteiger partial charge in [0.1, 0.15) is 25.0 Å². The molecular weight excluding hydrogens is 707 g/mol. The molecule has 5 atom stereocenters. The Morgan fingerprint density at radius 2 is 1.75 bits per heavy atom. The van der Waals surface area contributed by atoms with Crippen LogP contribution in [0, 0.1) is 11.8 Å². The highest BCUT2D eigenvalue weighted by atomic mass is 16.3. The number of hydrogen-bond acceptors (Lipinski definition) is 9. The maximum atomic E-state index is 14.5. The first kappa shape index (κ1) is 38.4. The van der Waals surface area contributed by atoms with Gasteiger partial charge in [0.25, 0.3) is 5.91 Å². The van der Waals surface area contributed by atoms with Gasteiger partial charge in [0.2, 0.25) is 11.9 Å². The Labute approximate surface area is 327 Å². The van der Waals surface area contributed by atoms with E-state index < -0.39 is 18.4 Å². The van der Waals surface area contributed by atoms with Gasteiger partial charge < -0.3 is 26.0 Å². The summed E-state index contributed by atoms with van der Waals surface area (Å²) in [4.78, 5) is 60.1. The van der Waals surface area contributed by atoms with E-state index in [2.05, 4.69) is 20.6 Å². The third-order valence-corrected chi connectivity index (χ3v) is 10.6. The van der Waals surface area contributed by atoms with Crippen LogP contribution in [-0.4, -0.2) is 89.0 Å². The summed E-state index contributed by atoms with van der Waals surface area (Å²) in [7, 11) is 1.71. The van der Waals surface area contributed by atoms with Gasteiger partial charge in [-0.1, -0.05) is 92.7 Å². The van der Waals surface area contributed by atoms with E-state index in [-0.39, 0.29) is 48.2 Å². The third-order valence-electron chi connectivity index (χ3n) is 10.6. The van der Waals surface area contributed by atoms with Crippen LogP contribution in [0.5, 0.6) is 0 Å². The van der Waals surface area contributed by atoms with Crippen LogP contribution in [0.4, 0.5) is 10.5 Å². The number of allylic oxidation sites excluding steroid dienone is 1. The number of nitrogens with zero attached hydrogens (tertiary/aromatic N) is 6. The Bertz CT molecular complexity index is 2130. The predicted molar refractivity (Wildman–Crippen MR) is 218 cm³/mol. The van der Waals surface area contributed by atoms with E-state index >= 15 is 0 Å². The lowest BCUT2D eigenvalue weighted by Gasteiger charge is -2.44. The summed E-state index contributed by atoms with van der Waals surface area (Å²) in [6.07, 6.45) is 5.28. The topological polar surface area (TPSA) is 168 Å². The predicted octanol–water partition coefficient (Wildman–Crippen LogP) is 4.49. The second-order valence-electron chi connectivity index (χ2n) is 15.1. The molecule has 3 aliphatic heterocycles. The maximum Gasteiger partial charge on any atom is 0.325 e. The van der Waals surface area contributed by atoms with Crippen LogP contribution in [0.1, 0.15) is 62.1 Å². The molecule has 4 unspecified atom stereocenters. The fraction of sp³-hybridized carbons (Fsp3) is 0.349. The number of fused-ring (bicyclic) bond motifs is 2. The van der Waals surface area contributed by atoms with Crippen LogP contribution < -0.4 is 21.3 Å². The first-order valence-corrected chi connectivity index (χ1v) is 19.1. The van der Waals surface area contributed by atoms with Crippen molar-refractivity contribution < 1.29 is 19.5 Å². The Morgan fingerprint density at radius 3 is 2.48 bits per heavy atom. The van der Waals surface area contributed by atoms with Gasteiger partial charge in [-0.25, -0.2) is 14.8 Å². The number of guanidine groups is 1. The van der Waals surface area contributed by atoms with Crippen molar-refractivity contribution in [2.24, 2.45) is 32.5 Å². The van der Waals surface area contributed by atoms with Crippen molar-refractivity contribution in [2.75, 3.05) is 25.0 Å². The van der Waals surface area contributed by atoms with Crippen LogP contribution in [0.25, 0.3) is 0 Å². The maximum absolute atomic E-state index is 14.5. The smallest absolute Gasteiger partial charge is 0.325 e. The lowest BCUT2D eigenvalue weighted by atomic mass is 9.95. The number of nitrogens with one attached hydrogen (secondary N) is 2. The number of urea groups is 1. The standard InChI is InChI=1S/C43H49N9O4/c1-26(2)19-34-41(55)51(25-37(53)45-22-28-11-7-5-8-12-28)36-20-30(16-18-33(36)38(48-34)29-13-9-6-10-14-29)40(54)47-32-17-15-27(3)35(21-32)52-24-31-23-46-42(44)49-39(31)50(4)43(52)56/h5-16,18,20-21,23,26,31-32,34,39-40,47,54H,17,19,22,24-25H2,1-4H3,(H2,44,49)(H,45,53)/t31?,32?,34-,39?,40?/m0/s1. The molecule has 0 spiro atoms. The van der Waals surface area contributed by atoms with E-state index in [0.29, 0.717) is 48.5 Å². The molecular formula is C43H49N9O4.